The fourth-order valence-corrected chi connectivity index (χ4v) is 3.50. The molecule has 1 unspecified atom stereocenters. The van der Waals surface area contributed by atoms with E-state index in [1.54, 1.807) is 14.2 Å². The summed E-state index contributed by atoms with van der Waals surface area (Å²) in [5.41, 5.74) is 1.23. The van der Waals surface area contributed by atoms with Crippen molar-refractivity contribution >= 4 is 11.6 Å². The van der Waals surface area contributed by atoms with Gasteiger partial charge in [-0.3, -0.25) is 0 Å². The van der Waals surface area contributed by atoms with E-state index in [2.05, 4.69) is 6.07 Å². The maximum atomic E-state index is 6.66. The van der Waals surface area contributed by atoms with Gasteiger partial charge < -0.3 is 9.47 Å². The lowest BCUT2D eigenvalue weighted by Crippen LogP contribution is -2.17. The van der Waals surface area contributed by atoms with Crippen molar-refractivity contribution in [3.8, 4) is 11.5 Å². The third kappa shape index (κ3) is 4.05. The number of rotatable bonds is 5. The molecule has 0 radical (unpaired) electrons. The average molecular weight is 297 g/mol. The summed E-state index contributed by atoms with van der Waals surface area (Å²) in [5, 5.41) is 0.228. The number of ether oxygens (including phenoxy) is 2. The predicted octanol–water partition coefficient (Wildman–Crippen LogP) is 4.82. The number of hydrogen-bond acceptors (Lipinski definition) is 2. The Morgan fingerprint density at radius 1 is 1.05 bits per heavy atom. The lowest BCUT2D eigenvalue weighted by Gasteiger charge is -2.21. The van der Waals surface area contributed by atoms with Gasteiger partial charge in [0.15, 0.2) is 11.5 Å². The van der Waals surface area contributed by atoms with Crippen molar-refractivity contribution in [2.45, 2.75) is 50.3 Å². The summed E-state index contributed by atoms with van der Waals surface area (Å²) >= 11 is 6.66. The highest BCUT2D eigenvalue weighted by Crippen LogP contribution is 2.32. The van der Waals surface area contributed by atoms with Crippen LogP contribution in [0.4, 0.5) is 0 Å². The van der Waals surface area contributed by atoms with Crippen LogP contribution in [-0.2, 0) is 6.42 Å². The van der Waals surface area contributed by atoms with Gasteiger partial charge in [0.1, 0.15) is 0 Å². The summed E-state index contributed by atoms with van der Waals surface area (Å²) in [4.78, 5) is 0. The number of benzene rings is 1. The molecule has 20 heavy (non-hydrogen) atoms. The highest BCUT2D eigenvalue weighted by Gasteiger charge is 2.21. The molecule has 1 fully saturated rings. The smallest absolute Gasteiger partial charge is 0.160 e. The van der Waals surface area contributed by atoms with E-state index in [0.717, 1.165) is 17.9 Å². The molecule has 0 aliphatic heterocycles. The quantitative estimate of drug-likeness (QED) is 0.572. The molecule has 2 rings (SSSR count). The van der Waals surface area contributed by atoms with E-state index < -0.39 is 0 Å². The van der Waals surface area contributed by atoms with Crippen molar-refractivity contribution in [2.24, 2.45) is 5.92 Å². The molecular formula is C17H25ClO2. The first-order valence-electron chi connectivity index (χ1n) is 7.59. The van der Waals surface area contributed by atoms with E-state index in [-0.39, 0.29) is 5.38 Å². The van der Waals surface area contributed by atoms with Gasteiger partial charge in [-0.2, -0.15) is 0 Å². The largest absolute Gasteiger partial charge is 0.493 e. The number of hydrogen-bond donors (Lipinski definition) is 0. The molecule has 0 bridgehead atoms. The molecule has 0 saturated heterocycles. The van der Waals surface area contributed by atoms with Crippen molar-refractivity contribution in [1.82, 2.24) is 0 Å². The van der Waals surface area contributed by atoms with Crippen molar-refractivity contribution in [3.05, 3.63) is 23.8 Å². The van der Waals surface area contributed by atoms with Crippen LogP contribution in [-0.4, -0.2) is 19.6 Å². The molecule has 112 valence electrons. The van der Waals surface area contributed by atoms with Gasteiger partial charge in [-0.15, -0.1) is 11.6 Å². The van der Waals surface area contributed by atoms with Crippen LogP contribution in [0, 0.1) is 5.92 Å². The Kier molecular flexibility index (Phi) is 6.03. The third-order valence-electron chi connectivity index (χ3n) is 4.29. The van der Waals surface area contributed by atoms with E-state index >= 15 is 0 Å². The Morgan fingerprint density at radius 3 is 2.30 bits per heavy atom. The van der Waals surface area contributed by atoms with Crippen molar-refractivity contribution in [3.63, 3.8) is 0 Å². The van der Waals surface area contributed by atoms with E-state index in [4.69, 9.17) is 21.1 Å². The molecule has 3 heteroatoms. The Balaban J connectivity index is 2.01. The minimum atomic E-state index is 0.228. The molecule has 0 heterocycles. The highest BCUT2D eigenvalue weighted by molar-refractivity contribution is 6.20. The minimum absolute atomic E-state index is 0.228. The number of halogens is 1. The van der Waals surface area contributed by atoms with E-state index in [1.165, 1.54) is 44.1 Å². The average Bonchev–Trinajstić information content (AvgIpc) is 2.76. The fourth-order valence-electron chi connectivity index (χ4n) is 3.07. The molecular weight excluding hydrogens is 272 g/mol. The van der Waals surface area contributed by atoms with Crippen LogP contribution < -0.4 is 9.47 Å². The maximum absolute atomic E-state index is 6.66. The molecule has 0 aromatic heterocycles. The summed E-state index contributed by atoms with van der Waals surface area (Å²) < 4.78 is 10.6. The van der Waals surface area contributed by atoms with Crippen LogP contribution >= 0.6 is 11.6 Å². The molecule has 1 aromatic rings. The van der Waals surface area contributed by atoms with Crippen LogP contribution in [0.1, 0.15) is 44.1 Å². The molecule has 1 aromatic carbocycles. The van der Waals surface area contributed by atoms with Gasteiger partial charge in [0, 0.05) is 5.38 Å². The third-order valence-corrected chi connectivity index (χ3v) is 4.80. The lowest BCUT2D eigenvalue weighted by atomic mass is 9.92. The second-order valence-corrected chi connectivity index (χ2v) is 6.22. The van der Waals surface area contributed by atoms with Crippen molar-refractivity contribution in [2.75, 3.05) is 14.2 Å². The molecule has 0 amide bonds. The predicted molar refractivity (Wildman–Crippen MR) is 84.1 cm³/mol. The van der Waals surface area contributed by atoms with Gasteiger partial charge in [-0.1, -0.05) is 31.7 Å². The van der Waals surface area contributed by atoms with Gasteiger partial charge in [0.2, 0.25) is 0 Å². The Morgan fingerprint density at radius 2 is 1.70 bits per heavy atom. The van der Waals surface area contributed by atoms with Crippen LogP contribution in [0.15, 0.2) is 18.2 Å². The van der Waals surface area contributed by atoms with Crippen LogP contribution in [0.25, 0.3) is 0 Å². The summed E-state index contributed by atoms with van der Waals surface area (Å²) in [6, 6.07) is 6.10. The number of alkyl halides is 1. The first-order valence-corrected chi connectivity index (χ1v) is 8.03. The Hall–Kier alpha value is -0.890. The number of methoxy groups -OCH3 is 2. The first-order chi connectivity index (χ1) is 9.74. The molecule has 1 saturated carbocycles. The van der Waals surface area contributed by atoms with Crippen LogP contribution in [0.5, 0.6) is 11.5 Å². The first kappa shape index (κ1) is 15.5. The molecule has 2 nitrogen and oxygen atoms in total. The second kappa shape index (κ2) is 7.78. The van der Waals surface area contributed by atoms with Gasteiger partial charge >= 0.3 is 0 Å². The fraction of sp³-hybridized carbons (Fsp3) is 0.647. The maximum Gasteiger partial charge on any atom is 0.160 e. The Bertz CT molecular complexity index is 411. The second-order valence-electron chi connectivity index (χ2n) is 5.66. The zero-order valence-electron chi connectivity index (χ0n) is 12.5. The molecule has 0 spiro atoms. The summed E-state index contributed by atoms with van der Waals surface area (Å²) in [6.45, 7) is 0. The van der Waals surface area contributed by atoms with Crippen molar-refractivity contribution in [1.29, 1.82) is 0 Å². The van der Waals surface area contributed by atoms with Gasteiger partial charge in [-0.05, 0) is 42.9 Å². The van der Waals surface area contributed by atoms with E-state index in [9.17, 15) is 0 Å². The summed E-state index contributed by atoms with van der Waals surface area (Å²) in [6.07, 6.45) is 8.88. The zero-order chi connectivity index (χ0) is 14.4. The molecule has 1 aliphatic rings. The monoisotopic (exact) mass is 296 g/mol. The zero-order valence-corrected chi connectivity index (χ0v) is 13.3. The van der Waals surface area contributed by atoms with Gasteiger partial charge in [0.25, 0.3) is 0 Å². The summed E-state index contributed by atoms with van der Waals surface area (Å²) in [5.74, 6) is 2.22. The van der Waals surface area contributed by atoms with Gasteiger partial charge in [-0.25, -0.2) is 0 Å². The molecule has 1 aliphatic carbocycles. The summed E-state index contributed by atoms with van der Waals surface area (Å²) in [7, 11) is 3.33. The SMILES string of the molecule is COc1ccc(CC(Cl)C2CCCCCC2)cc1OC. The van der Waals surface area contributed by atoms with Gasteiger partial charge in [0.05, 0.1) is 14.2 Å². The molecule has 1 atom stereocenters. The van der Waals surface area contributed by atoms with Crippen LogP contribution in [0.3, 0.4) is 0 Å². The standard InChI is InChI=1S/C17H25ClO2/c1-19-16-10-9-13(12-17(16)20-2)11-15(18)14-7-5-3-4-6-8-14/h9-10,12,14-15H,3-8,11H2,1-2H3. The Labute approximate surface area is 127 Å². The molecule has 0 N–H and O–H groups in total. The van der Waals surface area contributed by atoms with Crippen molar-refractivity contribution < 1.29 is 9.47 Å². The van der Waals surface area contributed by atoms with E-state index in [0.29, 0.717) is 5.92 Å². The topological polar surface area (TPSA) is 18.5 Å². The lowest BCUT2D eigenvalue weighted by molar-refractivity contribution is 0.354. The highest BCUT2D eigenvalue weighted by atomic mass is 35.5. The normalized spacial score (nSPS) is 18.4. The van der Waals surface area contributed by atoms with E-state index in [1.807, 2.05) is 12.1 Å². The van der Waals surface area contributed by atoms with Crippen LogP contribution in [0.2, 0.25) is 0 Å². The minimum Gasteiger partial charge on any atom is -0.493 e.